The van der Waals surface area contributed by atoms with Crippen molar-refractivity contribution in [2.75, 3.05) is 5.75 Å². The Bertz CT molecular complexity index is 563. The van der Waals surface area contributed by atoms with Gasteiger partial charge in [0.1, 0.15) is 5.75 Å². The van der Waals surface area contributed by atoms with Crippen LogP contribution in [0.25, 0.3) is 0 Å². The van der Waals surface area contributed by atoms with Gasteiger partial charge in [-0.05, 0) is 79.6 Å². The standard InChI is InChI=1S/C19H23ClO2S/c20-17-3-1-13(2-4-17)11-23(22)12-18(21)19-8-14-5-15(9-19)7-16(6-14)10-19/h1-4,14-16H,5-12H2. The molecule has 0 aliphatic heterocycles. The third-order valence-electron chi connectivity index (χ3n) is 6.16. The number of ketones is 1. The third-order valence-corrected chi connectivity index (χ3v) is 7.65. The van der Waals surface area contributed by atoms with Crippen molar-refractivity contribution in [1.29, 1.82) is 0 Å². The molecule has 5 rings (SSSR count). The number of hydrogen-bond donors (Lipinski definition) is 0. The molecule has 23 heavy (non-hydrogen) atoms. The van der Waals surface area contributed by atoms with Crippen LogP contribution in [0.3, 0.4) is 0 Å². The van der Waals surface area contributed by atoms with Crippen molar-refractivity contribution in [3.05, 3.63) is 34.9 Å². The van der Waals surface area contributed by atoms with Gasteiger partial charge in [0.05, 0.1) is 0 Å². The second-order valence-electron chi connectivity index (χ2n) is 7.98. The van der Waals surface area contributed by atoms with E-state index < -0.39 is 11.2 Å². The molecule has 2 nitrogen and oxygen atoms in total. The van der Waals surface area contributed by atoms with E-state index in [9.17, 15) is 9.35 Å². The zero-order chi connectivity index (χ0) is 16.0. The quantitative estimate of drug-likeness (QED) is 0.739. The summed E-state index contributed by atoms with van der Waals surface area (Å²) in [6.07, 6.45) is 7.20. The summed E-state index contributed by atoms with van der Waals surface area (Å²) in [5, 5.41) is 0.684. The molecule has 0 aromatic heterocycles. The first kappa shape index (κ1) is 16.0. The van der Waals surface area contributed by atoms with E-state index in [4.69, 9.17) is 11.6 Å². The average Bonchev–Trinajstić information content (AvgIpc) is 2.48. The van der Waals surface area contributed by atoms with Crippen LogP contribution in [0.4, 0.5) is 0 Å². The Morgan fingerprint density at radius 2 is 1.61 bits per heavy atom. The predicted octanol–water partition coefficient (Wildman–Crippen LogP) is 4.37. The smallest absolute Gasteiger partial charge is 0.187 e. The maximum absolute atomic E-state index is 12.9. The summed E-state index contributed by atoms with van der Waals surface area (Å²) in [6.45, 7) is 0. The fourth-order valence-electron chi connectivity index (χ4n) is 5.57. The number of hydrogen-bond acceptors (Lipinski definition) is 2. The van der Waals surface area contributed by atoms with Gasteiger partial charge >= 0.3 is 0 Å². The molecule has 1 unspecified atom stereocenters. The molecule has 4 bridgehead atoms. The molecule has 0 heterocycles. The molecule has 1 atom stereocenters. The van der Waals surface area contributed by atoms with E-state index in [1.165, 1.54) is 19.3 Å². The van der Waals surface area contributed by atoms with Gasteiger partial charge in [0.25, 0.3) is 0 Å². The lowest BCUT2D eigenvalue weighted by Crippen LogP contribution is -2.51. The molecule has 4 aliphatic rings. The molecular weight excluding hydrogens is 328 g/mol. The predicted molar refractivity (Wildman–Crippen MR) is 93.8 cm³/mol. The fraction of sp³-hybridized carbons (Fsp3) is 0.632. The summed E-state index contributed by atoms with van der Waals surface area (Å²) in [6, 6.07) is 7.43. The molecule has 0 amide bonds. The van der Waals surface area contributed by atoms with Crippen molar-refractivity contribution >= 4 is 28.6 Å². The van der Waals surface area contributed by atoms with Crippen molar-refractivity contribution in [1.82, 2.24) is 0 Å². The Kier molecular flexibility index (Phi) is 4.23. The highest BCUT2D eigenvalue weighted by Gasteiger charge is 2.54. The van der Waals surface area contributed by atoms with E-state index in [1.54, 1.807) is 0 Å². The zero-order valence-corrected chi connectivity index (χ0v) is 14.9. The maximum Gasteiger partial charge on any atom is 0.187 e. The molecule has 0 saturated heterocycles. The van der Waals surface area contributed by atoms with Crippen LogP contribution in [0.2, 0.25) is 5.02 Å². The maximum atomic E-state index is 12.9. The highest BCUT2D eigenvalue weighted by Crippen LogP contribution is 2.60. The van der Waals surface area contributed by atoms with Crippen molar-refractivity contribution < 1.29 is 9.35 Å². The van der Waals surface area contributed by atoms with E-state index in [2.05, 4.69) is 0 Å². The summed E-state index contributed by atoms with van der Waals surface area (Å²) in [4.78, 5) is 12.9. The summed E-state index contributed by atoms with van der Waals surface area (Å²) >= 11 is 4.77. The number of halogens is 1. The molecule has 0 N–H and O–H groups in total. The number of rotatable bonds is 5. The van der Waals surface area contributed by atoms with Gasteiger partial charge < -0.3 is 4.55 Å². The van der Waals surface area contributed by atoms with E-state index in [-0.39, 0.29) is 17.0 Å². The third kappa shape index (κ3) is 3.20. The Hall–Kier alpha value is -0.510. The summed E-state index contributed by atoms with van der Waals surface area (Å²) in [7, 11) is 0. The summed E-state index contributed by atoms with van der Waals surface area (Å²) < 4.78 is 12.5. The Labute approximate surface area is 146 Å². The van der Waals surface area contributed by atoms with Crippen molar-refractivity contribution in [3.63, 3.8) is 0 Å². The van der Waals surface area contributed by atoms with Crippen LogP contribution < -0.4 is 0 Å². The van der Waals surface area contributed by atoms with Gasteiger partial charge in [0.15, 0.2) is 11.5 Å². The van der Waals surface area contributed by atoms with Gasteiger partial charge in [-0.3, -0.25) is 4.79 Å². The molecular formula is C19H23ClO2S. The van der Waals surface area contributed by atoms with Crippen LogP contribution in [-0.2, 0) is 21.7 Å². The molecule has 4 fully saturated rings. The summed E-state index contributed by atoms with van der Waals surface area (Å²) in [5.41, 5.74) is 0.871. The van der Waals surface area contributed by atoms with E-state index in [0.29, 0.717) is 10.8 Å². The van der Waals surface area contributed by atoms with Crippen LogP contribution in [0.15, 0.2) is 24.3 Å². The van der Waals surface area contributed by atoms with Crippen LogP contribution in [-0.4, -0.2) is 16.1 Å². The monoisotopic (exact) mass is 350 g/mol. The molecule has 4 saturated carbocycles. The minimum Gasteiger partial charge on any atom is -0.616 e. The van der Waals surface area contributed by atoms with Crippen molar-refractivity contribution in [3.8, 4) is 0 Å². The normalized spacial score (nSPS) is 36.2. The summed E-state index contributed by atoms with van der Waals surface area (Å²) in [5.74, 6) is 3.24. The van der Waals surface area contributed by atoms with Gasteiger partial charge in [-0.1, -0.05) is 23.7 Å². The molecule has 4 aliphatic carbocycles. The average molecular weight is 351 g/mol. The number of benzene rings is 1. The first-order valence-corrected chi connectivity index (χ1v) is 10.5. The largest absolute Gasteiger partial charge is 0.616 e. The van der Waals surface area contributed by atoms with Gasteiger partial charge in [-0.25, -0.2) is 0 Å². The van der Waals surface area contributed by atoms with Crippen molar-refractivity contribution in [2.24, 2.45) is 23.2 Å². The van der Waals surface area contributed by atoms with Crippen LogP contribution in [0.1, 0.15) is 44.1 Å². The number of carbonyl (C=O) groups excluding carboxylic acids is 1. The topological polar surface area (TPSA) is 40.1 Å². The minimum absolute atomic E-state index is 0.121. The first-order chi connectivity index (χ1) is 11.0. The Morgan fingerprint density at radius 3 is 2.13 bits per heavy atom. The van der Waals surface area contributed by atoms with Crippen LogP contribution in [0.5, 0.6) is 0 Å². The Balaban J connectivity index is 1.40. The minimum atomic E-state index is -1.11. The SMILES string of the molecule is O=C(C[S+]([O-])Cc1ccc(Cl)cc1)C12CC3CC(CC(C3)C1)C2. The van der Waals surface area contributed by atoms with Crippen LogP contribution >= 0.6 is 11.6 Å². The van der Waals surface area contributed by atoms with Crippen molar-refractivity contribution in [2.45, 2.75) is 44.3 Å². The Morgan fingerprint density at radius 1 is 1.09 bits per heavy atom. The lowest BCUT2D eigenvalue weighted by molar-refractivity contribution is -0.141. The molecule has 4 heteroatoms. The van der Waals surface area contributed by atoms with Crippen LogP contribution in [0, 0.1) is 23.2 Å². The second kappa shape index (κ2) is 6.09. The van der Waals surface area contributed by atoms with Gasteiger partial charge in [0, 0.05) is 16.0 Å². The molecule has 0 radical (unpaired) electrons. The van der Waals surface area contributed by atoms with E-state index in [0.717, 1.165) is 42.6 Å². The lowest BCUT2D eigenvalue weighted by atomic mass is 9.48. The highest BCUT2D eigenvalue weighted by molar-refractivity contribution is 7.91. The first-order valence-electron chi connectivity index (χ1n) is 8.65. The highest BCUT2D eigenvalue weighted by atomic mass is 35.5. The lowest BCUT2D eigenvalue weighted by Gasteiger charge is -2.55. The fourth-order valence-corrected chi connectivity index (χ4v) is 6.96. The zero-order valence-electron chi connectivity index (χ0n) is 13.3. The molecule has 1 aromatic rings. The number of carbonyl (C=O) groups is 1. The molecule has 124 valence electrons. The molecule has 1 aromatic carbocycles. The van der Waals surface area contributed by atoms with Gasteiger partial charge in [-0.15, -0.1) is 0 Å². The van der Waals surface area contributed by atoms with Gasteiger partial charge in [0.2, 0.25) is 0 Å². The number of Topliss-reactive ketones (excluding diaryl/α,β-unsaturated/α-hetero) is 1. The molecule has 0 spiro atoms. The van der Waals surface area contributed by atoms with E-state index >= 15 is 0 Å². The second-order valence-corrected chi connectivity index (χ2v) is 9.87. The van der Waals surface area contributed by atoms with Gasteiger partial charge in [-0.2, -0.15) is 0 Å². The van der Waals surface area contributed by atoms with E-state index in [1.807, 2.05) is 24.3 Å².